The standard InChI is InChI=1S/C16H23NO/c1-11-6-7-15(17)12(8-11)9-13-10-18-16-5-3-2-4-14(13)16/h2-5,11-13,15H,6-10,17H2,1H3. The minimum absolute atomic E-state index is 0.397. The van der Waals surface area contributed by atoms with Crippen LogP contribution in [0.2, 0.25) is 0 Å². The van der Waals surface area contributed by atoms with Gasteiger partial charge in [0.05, 0.1) is 6.61 Å². The van der Waals surface area contributed by atoms with Gasteiger partial charge in [-0.05, 0) is 43.6 Å². The maximum atomic E-state index is 6.30. The van der Waals surface area contributed by atoms with Gasteiger partial charge in [0, 0.05) is 17.5 Å². The zero-order valence-corrected chi connectivity index (χ0v) is 11.1. The number of rotatable bonds is 2. The molecule has 2 aliphatic rings. The van der Waals surface area contributed by atoms with Gasteiger partial charge in [-0.2, -0.15) is 0 Å². The number of hydrogen-bond acceptors (Lipinski definition) is 2. The first kappa shape index (κ1) is 12.0. The molecule has 0 bridgehead atoms. The molecule has 98 valence electrons. The lowest BCUT2D eigenvalue weighted by Gasteiger charge is -2.33. The molecular formula is C16H23NO. The third-order valence-electron chi connectivity index (χ3n) is 4.69. The molecule has 4 atom stereocenters. The molecular weight excluding hydrogens is 222 g/mol. The molecule has 1 aliphatic heterocycles. The third kappa shape index (κ3) is 2.26. The summed E-state index contributed by atoms with van der Waals surface area (Å²) in [4.78, 5) is 0. The summed E-state index contributed by atoms with van der Waals surface area (Å²) >= 11 is 0. The van der Waals surface area contributed by atoms with Crippen LogP contribution in [-0.2, 0) is 0 Å². The van der Waals surface area contributed by atoms with E-state index in [1.54, 1.807) is 0 Å². The van der Waals surface area contributed by atoms with Crippen LogP contribution >= 0.6 is 0 Å². The molecule has 2 heteroatoms. The van der Waals surface area contributed by atoms with E-state index in [2.05, 4.69) is 31.2 Å². The van der Waals surface area contributed by atoms with Crippen LogP contribution in [0.1, 0.15) is 44.1 Å². The lowest BCUT2D eigenvalue weighted by atomic mass is 9.74. The van der Waals surface area contributed by atoms with Crippen LogP contribution < -0.4 is 10.5 Å². The summed E-state index contributed by atoms with van der Waals surface area (Å²) in [6.45, 7) is 3.20. The molecule has 4 unspecified atom stereocenters. The highest BCUT2D eigenvalue weighted by atomic mass is 16.5. The molecule has 1 aliphatic carbocycles. The van der Waals surface area contributed by atoms with Crippen LogP contribution in [0.4, 0.5) is 0 Å². The zero-order chi connectivity index (χ0) is 12.5. The lowest BCUT2D eigenvalue weighted by molar-refractivity contribution is 0.211. The van der Waals surface area contributed by atoms with Crippen molar-refractivity contribution in [2.45, 2.75) is 44.6 Å². The quantitative estimate of drug-likeness (QED) is 0.867. The van der Waals surface area contributed by atoms with Crippen molar-refractivity contribution in [3.63, 3.8) is 0 Å². The topological polar surface area (TPSA) is 35.2 Å². The van der Waals surface area contributed by atoms with E-state index < -0.39 is 0 Å². The molecule has 1 aromatic carbocycles. The van der Waals surface area contributed by atoms with Gasteiger partial charge < -0.3 is 10.5 Å². The highest BCUT2D eigenvalue weighted by molar-refractivity contribution is 5.39. The van der Waals surface area contributed by atoms with Gasteiger partial charge in [0.25, 0.3) is 0 Å². The molecule has 1 aromatic rings. The Hall–Kier alpha value is -1.02. The summed E-state index contributed by atoms with van der Waals surface area (Å²) < 4.78 is 5.77. The molecule has 3 rings (SSSR count). The van der Waals surface area contributed by atoms with Crippen LogP contribution in [0, 0.1) is 11.8 Å². The SMILES string of the molecule is CC1CCC(N)C(CC2COc3ccccc32)C1. The van der Waals surface area contributed by atoms with Crippen molar-refractivity contribution in [2.24, 2.45) is 17.6 Å². The van der Waals surface area contributed by atoms with E-state index in [4.69, 9.17) is 10.5 Å². The van der Waals surface area contributed by atoms with Crippen LogP contribution in [0.3, 0.4) is 0 Å². The number of fused-ring (bicyclic) bond motifs is 1. The molecule has 18 heavy (non-hydrogen) atoms. The number of benzene rings is 1. The fourth-order valence-electron chi connectivity index (χ4n) is 3.58. The molecule has 1 saturated carbocycles. The Labute approximate surface area is 110 Å². The monoisotopic (exact) mass is 245 g/mol. The fraction of sp³-hybridized carbons (Fsp3) is 0.625. The van der Waals surface area contributed by atoms with E-state index >= 15 is 0 Å². The molecule has 0 saturated heterocycles. The Kier molecular flexibility index (Phi) is 3.29. The maximum absolute atomic E-state index is 6.30. The van der Waals surface area contributed by atoms with Crippen molar-refractivity contribution >= 4 is 0 Å². The Morgan fingerprint density at radius 3 is 3.00 bits per heavy atom. The Morgan fingerprint density at radius 2 is 2.11 bits per heavy atom. The summed E-state index contributed by atoms with van der Waals surface area (Å²) in [7, 11) is 0. The van der Waals surface area contributed by atoms with Crippen LogP contribution in [0.25, 0.3) is 0 Å². The third-order valence-corrected chi connectivity index (χ3v) is 4.69. The first-order valence-corrected chi connectivity index (χ1v) is 7.21. The van der Waals surface area contributed by atoms with E-state index in [1.807, 2.05) is 0 Å². The summed E-state index contributed by atoms with van der Waals surface area (Å²) in [5, 5.41) is 0. The minimum Gasteiger partial charge on any atom is -0.493 e. The van der Waals surface area contributed by atoms with Crippen molar-refractivity contribution < 1.29 is 4.74 Å². The summed E-state index contributed by atoms with van der Waals surface area (Å²) in [6, 6.07) is 8.86. The molecule has 1 fully saturated rings. The van der Waals surface area contributed by atoms with Gasteiger partial charge in [0.2, 0.25) is 0 Å². The number of hydrogen-bond donors (Lipinski definition) is 1. The summed E-state index contributed by atoms with van der Waals surface area (Å²) in [5.41, 5.74) is 7.69. The Balaban J connectivity index is 1.70. The summed E-state index contributed by atoms with van der Waals surface area (Å²) in [5.74, 6) is 3.16. The molecule has 0 spiro atoms. The van der Waals surface area contributed by atoms with Crippen LogP contribution in [0.15, 0.2) is 24.3 Å². The number of para-hydroxylation sites is 1. The normalized spacial score (nSPS) is 35.0. The Bertz CT molecular complexity index is 417. The van der Waals surface area contributed by atoms with Gasteiger partial charge in [-0.25, -0.2) is 0 Å². The highest BCUT2D eigenvalue weighted by Crippen LogP contribution is 2.40. The molecule has 0 radical (unpaired) electrons. The smallest absolute Gasteiger partial charge is 0.122 e. The van der Waals surface area contributed by atoms with Crippen LogP contribution in [0.5, 0.6) is 5.75 Å². The maximum Gasteiger partial charge on any atom is 0.122 e. The summed E-state index contributed by atoms with van der Waals surface area (Å²) in [6.07, 6.45) is 4.98. The molecule has 2 nitrogen and oxygen atoms in total. The average Bonchev–Trinajstić information content (AvgIpc) is 2.78. The first-order valence-electron chi connectivity index (χ1n) is 7.21. The lowest BCUT2D eigenvalue weighted by Crippen LogP contribution is -2.36. The largest absolute Gasteiger partial charge is 0.493 e. The van der Waals surface area contributed by atoms with Gasteiger partial charge in [0.15, 0.2) is 0 Å². The van der Waals surface area contributed by atoms with E-state index in [0.29, 0.717) is 17.9 Å². The average molecular weight is 245 g/mol. The van der Waals surface area contributed by atoms with Gasteiger partial charge in [-0.1, -0.05) is 25.1 Å². The van der Waals surface area contributed by atoms with E-state index in [-0.39, 0.29) is 0 Å². The van der Waals surface area contributed by atoms with E-state index in [0.717, 1.165) is 18.3 Å². The first-order chi connectivity index (χ1) is 8.74. The molecule has 1 heterocycles. The second-order valence-corrected chi connectivity index (χ2v) is 6.12. The molecule has 0 aromatic heterocycles. The van der Waals surface area contributed by atoms with Crippen molar-refractivity contribution in [1.82, 2.24) is 0 Å². The molecule has 0 amide bonds. The van der Waals surface area contributed by atoms with E-state index in [1.165, 1.54) is 31.2 Å². The fourth-order valence-corrected chi connectivity index (χ4v) is 3.58. The zero-order valence-electron chi connectivity index (χ0n) is 11.1. The van der Waals surface area contributed by atoms with Crippen molar-refractivity contribution in [3.8, 4) is 5.75 Å². The predicted molar refractivity (Wildman–Crippen MR) is 73.8 cm³/mol. The minimum atomic E-state index is 0.397. The predicted octanol–water partition coefficient (Wildman–Crippen LogP) is 3.32. The van der Waals surface area contributed by atoms with Gasteiger partial charge >= 0.3 is 0 Å². The Morgan fingerprint density at radius 1 is 1.28 bits per heavy atom. The van der Waals surface area contributed by atoms with Crippen molar-refractivity contribution in [3.05, 3.63) is 29.8 Å². The number of ether oxygens (including phenoxy) is 1. The number of nitrogens with two attached hydrogens (primary N) is 1. The molecule has 2 N–H and O–H groups in total. The van der Waals surface area contributed by atoms with Crippen LogP contribution in [-0.4, -0.2) is 12.6 Å². The van der Waals surface area contributed by atoms with Gasteiger partial charge in [-0.15, -0.1) is 0 Å². The van der Waals surface area contributed by atoms with Crippen molar-refractivity contribution in [1.29, 1.82) is 0 Å². The van der Waals surface area contributed by atoms with Gasteiger partial charge in [0.1, 0.15) is 5.75 Å². The van der Waals surface area contributed by atoms with Crippen molar-refractivity contribution in [2.75, 3.05) is 6.61 Å². The second kappa shape index (κ2) is 4.93. The second-order valence-electron chi connectivity index (χ2n) is 6.12. The van der Waals surface area contributed by atoms with Gasteiger partial charge in [-0.3, -0.25) is 0 Å². The highest BCUT2D eigenvalue weighted by Gasteiger charge is 2.32. The van der Waals surface area contributed by atoms with E-state index in [9.17, 15) is 0 Å².